The molecule has 0 aliphatic carbocycles. The topological polar surface area (TPSA) is 87.7 Å². The first kappa shape index (κ1) is 14.8. The molecule has 0 heterocycles. The number of carbonyl (C=O) groups is 1. The van der Waals surface area contributed by atoms with Gasteiger partial charge in [-0.15, -0.1) is 0 Å². The molecule has 0 saturated carbocycles. The minimum Gasteiger partial charge on any atom is -0.409 e. The van der Waals surface area contributed by atoms with E-state index in [4.69, 9.17) is 10.9 Å². The molecule has 2 aromatic carbocycles. The van der Waals surface area contributed by atoms with Crippen LogP contribution in [0.1, 0.15) is 23.7 Å². The lowest BCUT2D eigenvalue weighted by molar-refractivity contribution is 0.0942. The lowest BCUT2D eigenvalue weighted by atomic mass is 10.0. The summed E-state index contributed by atoms with van der Waals surface area (Å²) in [5.74, 6) is -0.664. The van der Waals surface area contributed by atoms with Crippen LogP contribution >= 0.6 is 0 Å². The standard InChI is InChI=1S/C15H16FN3O2/c1-9(8-14(17)19-21)18-15(20)12-6-7-13(16)11-5-3-2-4-10(11)12/h2-7,9,21H,8H2,1H3,(H2,17,19)(H,18,20). The smallest absolute Gasteiger partial charge is 0.252 e. The molecular formula is C15H16FN3O2. The van der Waals surface area contributed by atoms with Crippen LogP contribution in [-0.4, -0.2) is 23.0 Å². The molecule has 0 radical (unpaired) electrons. The van der Waals surface area contributed by atoms with Crippen molar-refractivity contribution in [1.29, 1.82) is 0 Å². The molecule has 6 heteroatoms. The first-order valence-electron chi connectivity index (χ1n) is 6.47. The van der Waals surface area contributed by atoms with Gasteiger partial charge in [-0.25, -0.2) is 4.39 Å². The summed E-state index contributed by atoms with van der Waals surface area (Å²) in [7, 11) is 0. The Morgan fingerprint density at radius 1 is 1.33 bits per heavy atom. The van der Waals surface area contributed by atoms with Crippen molar-refractivity contribution < 1.29 is 14.4 Å². The van der Waals surface area contributed by atoms with Crippen LogP contribution < -0.4 is 11.1 Å². The molecular weight excluding hydrogens is 273 g/mol. The lowest BCUT2D eigenvalue weighted by Gasteiger charge is -2.14. The Kier molecular flexibility index (Phi) is 4.37. The van der Waals surface area contributed by atoms with E-state index in [0.29, 0.717) is 16.3 Å². The molecule has 0 aromatic heterocycles. The fraction of sp³-hybridized carbons (Fsp3) is 0.200. The highest BCUT2D eigenvalue weighted by atomic mass is 19.1. The van der Waals surface area contributed by atoms with Gasteiger partial charge in [0.05, 0.1) is 0 Å². The Morgan fingerprint density at radius 3 is 2.67 bits per heavy atom. The van der Waals surface area contributed by atoms with Crippen LogP contribution in [0.25, 0.3) is 10.8 Å². The minimum absolute atomic E-state index is 0.0340. The fourth-order valence-corrected chi connectivity index (χ4v) is 2.17. The van der Waals surface area contributed by atoms with Gasteiger partial charge in [0.1, 0.15) is 11.7 Å². The molecule has 0 saturated heterocycles. The van der Waals surface area contributed by atoms with Gasteiger partial charge in [0.25, 0.3) is 5.91 Å². The Hall–Kier alpha value is -2.63. The average Bonchev–Trinajstić information content (AvgIpc) is 2.47. The predicted octanol–water partition coefficient (Wildman–Crippen LogP) is 2.23. The van der Waals surface area contributed by atoms with Crippen LogP contribution in [0, 0.1) is 5.82 Å². The van der Waals surface area contributed by atoms with E-state index in [-0.39, 0.29) is 30.0 Å². The second-order valence-electron chi connectivity index (χ2n) is 4.81. The fourth-order valence-electron chi connectivity index (χ4n) is 2.17. The molecule has 0 bridgehead atoms. The zero-order valence-electron chi connectivity index (χ0n) is 11.5. The number of fused-ring (bicyclic) bond motifs is 1. The van der Waals surface area contributed by atoms with Crippen molar-refractivity contribution >= 4 is 22.5 Å². The average molecular weight is 289 g/mol. The van der Waals surface area contributed by atoms with Crippen molar-refractivity contribution in [1.82, 2.24) is 5.32 Å². The lowest BCUT2D eigenvalue weighted by Crippen LogP contribution is -2.35. The molecule has 4 N–H and O–H groups in total. The van der Waals surface area contributed by atoms with E-state index in [9.17, 15) is 9.18 Å². The highest BCUT2D eigenvalue weighted by molar-refractivity contribution is 6.07. The number of rotatable bonds is 4. The third-order valence-electron chi connectivity index (χ3n) is 3.14. The van der Waals surface area contributed by atoms with E-state index in [1.54, 1.807) is 31.2 Å². The molecule has 0 spiro atoms. The number of nitrogens with one attached hydrogen (secondary N) is 1. The van der Waals surface area contributed by atoms with Crippen LogP contribution in [0.2, 0.25) is 0 Å². The highest BCUT2D eigenvalue weighted by Crippen LogP contribution is 2.21. The molecule has 1 unspecified atom stereocenters. The molecule has 2 rings (SSSR count). The molecule has 1 amide bonds. The molecule has 0 fully saturated rings. The van der Waals surface area contributed by atoms with Crippen molar-refractivity contribution in [2.45, 2.75) is 19.4 Å². The number of carbonyl (C=O) groups excluding carboxylic acids is 1. The second kappa shape index (κ2) is 6.21. The molecule has 1 atom stereocenters. The molecule has 0 aliphatic heterocycles. The summed E-state index contributed by atoms with van der Waals surface area (Å²) in [6, 6.07) is 9.20. The maximum Gasteiger partial charge on any atom is 0.252 e. The van der Waals surface area contributed by atoms with Gasteiger partial charge >= 0.3 is 0 Å². The normalized spacial score (nSPS) is 13.1. The van der Waals surface area contributed by atoms with Gasteiger partial charge in [-0.05, 0) is 24.4 Å². The Labute approximate surface area is 121 Å². The van der Waals surface area contributed by atoms with Crippen LogP contribution in [0.15, 0.2) is 41.6 Å². The third kappa shape index (κ3) is 3.28. The zero-order valence-corrected chi connectivity index (χ0v) is 11.5. The maximum atomic E-state index is 13.7. The number of amides is 1. The van der Waals surface area contributed by atoms with Crippen molar-refractivity contribution in [2.75, 3.05) is 0 Å². The van der Waals surface area contributed by atoms with E-state index in [1.807, 2.05) is 0 Å². The summed E-state index contributed by atoms with van der Waals surface area (Å²) in [5, 5.41) is 15.1. The molecule has 2 aromatic rings. The summed E-state index contributed by atoms with van der Waals surface area (Å²) >= 11 is 0. The van der Waals surface area contributed by atoms with Gasteiger partial charge in [0.15, 0.2) is 0 Å². The molecule has 5 nitrogen and oxygen atoms in total. The second-order valence-corrected chi connectivity index (χ2v) is 4.81. The predicted molar refractivity (Wildman–Crippen MR) is 78.9 cm³/mol. The van der Waals surface area contributed by atoms with E-state index in [2.05, 4.69) is 10.5 Å². The highest BCUT2D eigenvalue weighted by Gasteiger charge is 2.15. The van der Waals surface area contributed by atoms with Gasteiger partial charge < -0.3 is 16.3 Å². The summed E-state index contributed by atoms with van der Waals surface area (Å²) in [5.41, 5.74) is 5.79. The van der Waals surface area contributed by atoms with Crippen LogP contribution in [0.5, 0.6) is 0 Å². The van der Waals surface area contributed by atoms with E-state index in [1.165, 1.54) is 12.1 Å². The van der Waals surface area contributed by atoms with Crippen LogP contribution in [-0.2, 0) is 0 Å². The quantitative estimate of drug-likeness (QED) is 0.349. The van der Waals surface area contributed by atoms with Crippen LogP contribution in [0.4, 0.5) is 4.39 Å². The van der Waals surface area contributed by atoms with Gasteiger partial charge in [-0.1, -0.05) is 29.4 Å². The largest absolute Gasteiger partial charge is 0.409 e. The Morgan fingerprint density at radius 2 is 2.00 bits per heavy atom. The summed E-state index contributed by atoms with van der Waals surface area (Å²) in [4.78, 5) is 12.3. The first-order chi connectivity index (χ1) is 10.0. The van der Waals surface area contributed by atoms with Gasteiger partial charge in [-0.3, -0.25) is 4.79 Å². The SMILES string of the molecule is CC(C/C(N)=N/O)NC(=O)c1ccc(F)c2ccccc12. The van der Waals surface area contributed by atoms with Gasteiger partial charge in [0, 0.05) is 23.4 Å². The maximum absolute atomic E-state index is 13.7. The zero-order chi connectivity index (χ0) is 15.4. The summed E-state index contributed by atoms with van der Waals surface area (Å²) in [6.07, 6.45) is 0.224. The first-order valence-corrected chi connectivity index (χ1v) is 6.47. The number of amidine groups is 1. The number of nitrogens with zero attached hydrogens (tertiary/aromatic N) is 1. The van der Waals surface area contributed by atoms with Crippen molar-refractivity contribution in [3.8, 4) is 0 Å². The Bertz CT molecular complexity index is 700. The van der Waals surface area contributed by atoms with E-state index < -0.39 is 0 Å². The van der Waals surface area contributed by atoms with Crippen LogP contribution in [0.3, 0.4) is 0 Å². The number of oxime groups is 1. The van der Waals surface area contributed by atoms with Gasteiger partial charge in [0.2, 0.25) is 0 Å². The number of nitrogens with two attached hydrogens (primary N) is 1. The summed E-state index contributed by atoms with van der Waals surface area (Å²) < 4.78 is 13.7. The molecule has 110 valence electrons. The Balaban J connectivity index is 2.26. The number of hydrogen-bond donors (Lipinski definition) is 3. The minimum atomic E-state index is -0.369. The van der Waals surface area contributed by atoms with E-state index >= 15 is 0 Å². The summed E-state index contributed by atoms with van der Waals surface area (Å²) in [6.45, 7) is 1.74. The van der Waals surface area contributed by atoms with Crippen molar-refractivity contribution in [3.05, 3.63) is 47.8 Å². The molecule has 0 aliphatic rings. The monoisotopic (exact) mass is 289 g/mol. The van der Waals surface area contributed by atoms with Crippen molar-refractivity contribution in [3.63, 3.8) is 0 Å². The number of benzene rings is 2. The number of halogens is 1. The van der Waals surface area contributed by atoms with Crippen molar-refractivity contribution in [2.24, 2.45) is 10.9 Å². The number of hydrogen-bond acceptors (Lipinski definition) is 3. The molecule has 21 heavy (non-hydrogen) atoms. The van der Waals surface area contributed by atoms with E-state index in [0.717, 1.165) is 0 Å². The third-order valence-corrected chi connectivity index (χ3v) is 3.14. The van der Waals surface area contributed by atoms with Gasteiger partial charge in [-0.2, -0.15) is 0 Å².